The molecule has 1 aliphatic carbocycles. The number of benzene rings is 2. The second kappa shape index (κ2) is 3.49. The SMILES string of the molecule is Brc1c2c(cc3ccccc13)CCC=C2. The monoisotopic (exact) mass is 258 g/mol. The zero-order valence-corrected chi connectivity index (χ0v) is 9.92. The fourth-order valence-electron chi connectivity index (χ4n) is 2.20. The lowest BCUT2D eigenvalue weighted by atomic mass is 9.94. The van der Waals surface area contributed by atoms with Crippen LogP contribution < -0.4 is 0 Å². The summed E-state index contributed by atoms with van der Waals surface area (Å²) in [5.41, 5.74) is 2.82. The summed E-state index contributed by atoms with van der Waals surface area (Å²) in [6, 6.07) is 10.9. The van der Waals surface area contributed by atoms with E-state index in [1.54, 1.807) is 0 Å². The Kier molecular flexibility index (Phi) is 2.14. The topological polar surface area (TPSA) is 0 Å². The number of hydrogen-bond acceptors (Lipinski definition) is 0. The van der Waals surface area contributed by atoms with Gasteiger partial charge in [-0.05, 0) is 50.7 Å². The molecule has 2 aromatic carbocycles. The van der Waals surface area contributed by atoms with Crippen LogP contribution in [0.3, 0.4) is 0 Å². The molecular weight excluding hydrogens is 248 g/mol. The van der Waals surface area contributed by atoms with E-state index < -0.39 is 0 Å². The molecule has 74 valence electrons. The molecule has 1 heteroatoms. The van der Waals surface area contributed by atoms with Gasteiger partial charge in [-0.25, -0.2) is 0 Å². The van der Waals surface area contributed by atoms with E-state index in [1.165, 1.54) is 26.4 Å². The third kappa shape index (κ3) is 1.42. The number of fused-ring (bicyclic) bond motifs is 2. The first-order chi connectivity index (χ1) is 7.36. The van der Waals surface area contributed by atoms with Gasteiger partial charge in [0.15, 0.2) is 0 Å². The first-order valence-electron chi connectivity index (χ1n) is 5.23. The zero-order valence-electron chi connectivity index (χ0n) is 8.33. The van der Waals surface area contributed by atoms with Crippen LogP contribution in [0.4, 0.5) is 0 Å². The second-order valence-electron chi connectivity index (χ2n) is 3.93. The molecule has 15 heavy (non-hydrogen) atoms. The fraction of sp³-hybridized carbons (Fsp3) is 0.143. The van der Waals surface area contributed by atoms with Crippen molar-refractivity contribution in [1.29, 1.82) is 0 Å². The minimum atomic E-state index is 1.16. The van der Waals surface area contributed by atoms with Crippen LogP contribution in [0.5, 0.6) is 0 Å². The van der Waals surface area contributed by atoms with Gasteiger partial charge >= 0.3 is 0 Å². The van der Waals surface area contributed by atoms with Gasteiger partial charge in [0.1, 0.15) is 0 Å². The highest BCUT2D eigenvalue weighted by Crippen LogP contribution is 2.34. The Morgan fingerprint density at radius 1 is 1.13 bits per heavy atom. The minimum Gasteiger partial charge on any atom is -0.0836 e. The summed E-state index contributed by atoms with van der Waals surface area (Å²) >= 11 is 3.72. The van der Waals surface area contributed by atoms with Crippen molar-refractivity contribution in [3.8, 4) is 0 Å². The summed E-state index contributed by atoms with van der Waals surface area (Å²) in [5, 5.41) is 2.64. The summed E-state index contributed by atoms with van der Waals surface area (Å²) in [7, 11) is 0. The Hall–Kier alpha value is -1.08. The quantitative estimate of drug-likeness (QED) is 0.650. The Bertz CT molecular complexity index is 553. The van der Waals surface area contributed by atoms with E-state index in [0.717, 1.165) is 12.8 Å². The lowest BCUT2D eigenvalue weighted by Crippen LogP contribution is -1.95. The van der Waals surface area contributed by atoms with Crippen molar-refractivity contribution in [2.75, 3.05) is 0 Å². The standard InChI is InChI=1S/C14H11Br/c15-14-12-7-3-1-5-10(12)9-11-6-2-4-8-13(11)14/h1,3-5,7-9H,2,6H2. The van der Waals surface area contributed by atoms with Gasteiger partial charge in [0.2, 0.25) is 0 Å². The molecule has 0 aliphatic heterocycles. The second-order valence-corrected chi connectivity index (χ2v) is 4.72. The van der Waals surface area contributed by atoms with Crippen LogP contribution in [0, 0.1) is 0 Å². The van der Waals surface area contributed by atoms with Crippen LogP contribution in [-0.2, 0) is 6.42 Å². The van der Waals surface area contributed by atoms with E-state index in [0.29, 0.717) is 0 Å². The van der Waals surface area contributed by atoms with Crippen molar-refractivity contribution in [3.63, 3.8) is 0 Å². The summed E-state index contributed by atoms with van der Waals surface area (Å²) in [4.78, 5) is 0. The summed E-state index contributed by atoms with van der Waals surface area (Å²) < 4.78 is 1.24. The average molecular weight is 259 g/mol. The lowest BCUT2D eigenvalue weighted by molar-refractivity contribution is 0.987. The fourth-order valence-corrected chi connectivity index (χ4v) is 2.95. The van der Waals surface area contributed by atoms with Crippen LogP contribution in [-0.4, -0.2) is 0 Å². The van der Waals surface area contributed by atoms with Gasteiger partial charge in [-0.1, -0.05) is 42.5 Å². The van der Waals surface area contributed by atoms with Crippen molar-refractivity contribution in [3.05, 3.63) is 52.0 Å². The lowest BCUT2D eigenvalue weighted by Gasteiger charge is -2.14. The van der Waals surface area contributed by atoms with Crippen LogP contribution >= 0.6 is 15.9 Å². The summed E-state index contributed by atoms with van der Waals surface area (Å²) in [5.74, 6) is 0. The van der Waals surface area contributed by atoms with Crippen molar-refractivity contribution < 1.29 is 0 Å². The Balaban J connectivity index is 2.42. The van der Waals surface area contributed by atoms with Crippen molar-refractivity contribution in [2.24, 2.45) is 0 Å². The summed E-state index contributed by atoms with van der Waals surface area (Å²) in [6.45, 7) is 0. The molecule has 0 aromatic heterocycles. The molecule has 0 radical (unpaired) electrons. The molecule has 0 saturated heterocycles. The molecule has 2 aromatic rings. The molecule has 0 spiro atoms. The maximum absolute atomic E-state index is 3.72. The van der Waals surface area contributed by atoms with Gasteiger partial charge in [-0.2, -0.15) is 0 Å². The first kappa shape index (κ1) is 9.17. The van der Waals surface area contributed by atoms with Gasteiger partial charge in [-0.15, -0.1) is 0 Å². The predicted octanol–water partition coefficient (Wildman–Crippen LogP) is 4.56. The number of hydrogen-bond donors (Lipinski definition) is 0. The molecule has 0 N–H and O–H groups in total. The van der Waals surface area contributed by atoms with Crippen LogP contribution in [0.1, 0.15) is 17.5 Å². The number of allylic oxidation sites excluding steroid dienone is 1. The third-order valence-electron chi connectivity index (χ3n) is 2.97. The molecule has 0 amide bonds. The van der Waals surface area contributed by atoms with E-state index in [1.807, 2.05) is 0 Å². The number of rotatable bonds is 0. The van der Waals surface area contributed by atoms with Gasteiger partial charge in [0, 0.05) is 4.47 Å². The summed E-state index contributed by atoms with van der Waals surface area (Å²) in [6.07, 6.45) is 6.81. The first-order valence-corrected chi connectivity index (χ1v) is 6.02. The third-order valence-corrected chi connectivity index (χ3v) is 3.83. The molecule has 0 fully saturated rings. The van der Waals surface area contributed by atoms with Gasteiger partial charge in [0.25, 0.3) is 0 Å². The van der Waals surface area contributed by atoms with Crippen molar-refractivity contribution in [1.82, 2.24) is 0 Å². The highest BCUT2D eigenvalue weighted by Gasteiger charge is 2.10. The smallest absolute Gasteiger partial charge is 0.0328 e. The van der Waals surface area contributed by atoms with Crippen molar-refractivity contribution in [2.45, 2.75) is 12.8 Å². The van der Waals surface area contributed by atoms with Gasteiger partial charge in [-0.3, -0.25) is 0 Å². The van der Waals surface area contributed by atoms with Crippen LogP contribution in [0.25, 0.3) is 16.8 Å². The largest absolute Gasteiger partial charge is 0.0836 e. The van der Waals surface area contributed by atoms with E-state index in [-0.39, 0.29) is 0 Å². The number of aryl methyl sites for hydroxylation is 1. The molecular formula is C14H11Br. The molecule has 3 rings (SSSR count). The number of halogens is 1. The highest BCUT2D eigenvalue weighted by atomic mass is 79.9. The average Bonchev–Trinajstić information content (AvgIpc) is 2.30. The molecule has 0 nitrogen and oxygen atoms in total. The molecule has 0 bridgehead atoms. The van der Waals surface area contributed by atoms with E-state index in [2.05, 4.69) is 58.4 Å². The van der Waals surface area contributed by atoms with E-state index >= 15 is 0 Å². The Morgan fingerprint density at radius 3 is 2.93 bits per heavy atom. The van der Waals surface area contributed by atoms with Crippen LogP contribution in [0.15, 0.2) is 40.9 Å². The molecule has 1 aliphatic rings. The van der Waals surface area contributed by atoms with E-state index in [9.17, 15) is 0 Å². The van der Waals surface area contributed by atoms with E-state index in [4.69, 9.17) is 0 Å². The van der Waals surface area contributed by atoms with Crippen LogP contribution in [0.2, 0.25) is 0 Å². The Labute approximate surface area is 97.7 Å². The predicted molar refractivity (Wildman–Crippen MR) is 69.0 cm³/mol. The maximum atomic E-state index is 3.72. The van der Waals surface area contributed by atoms with Crippen molar-refractivity contribution >= 4 is 32.8 Å². The minimum absolute atomic E-state index is 1.16. The highest BCUT2D eigenvalue weighted by molar-refractivity contribution is 9.10. The molecule has 0 heterocycles. The molecule has 0 unspecified atom stereocenters. The maximum Gasteiger partial charge on any atom is 0.0328 e. The van der Waals surface area contributed by atoms with Gasteiger partial charge in [0.05, 0.1) is 0 Å². The molecule has 0 saturated carbocycles. The normalized spacial score (nSPS) is 14.2. The zero-order chi connectivity index (χ0) is 10.3. The van der Waals surface area contributed by atoms with Gasteiger partial charge < -0.3 is 0 Å². The molecule has 0 atom stereocenters. The Morgan fingerprint density at radius 2 is 2.00 bits per heavy atom.